The van der Waals surface area contributed by atoms with Gasteiger partial charge in [0.15, 0.2) is 0 Å². The number of piperidine rings is 1. The Morgan fingerprint density at radius 1 is 0.868 bits per heavy atom. The van der Waals surface area contributed by atoms with Gasteiger partial charge in [0.25, 0.3) is 5.91 Å². The van der Waals surface area contributed by atoms with Crippen molar-refractivity contribution >= 4 is 52.3 Å². The van der Waals surface area contributed by atoms with Crippen molar-refractivity contribution in [1.82, 2.24) is 45.4 Å². The molecule has 3 aromatic heterocycles. The van der Waals surface area contributed by atoms with Crippen molar-refractivity contribution in [3.8, 4) is 28.4 Å². The van der Waals surface area contributed by atoms with E-state index < -0.39 is 47.5 Å². The van der Waals surface area contributed by atoms with E-state index >= 15 is 0 Å². The predicted molar refractivity (Wildman–Crippen MR) is 277 cm³/mol. The number of benzene rings is 3. The van der Waals surface area contributed by atoms with E-state index in [-0.39, 0.29) is 52.8 Å². The number of carbonyl (C=O) groups is 5. The molecule has 2 saturated heterocycles. The first kappa shape index (κ1) is 53.8. The smallest absolute Gasteiger partial charge is 0.471 e. The number of carboxylic acid groups (broad SMARTS) is 1. The molecule has 0 bridgehead atoms. The Labute approximate surface area is 444 Å². The number of hydrogen-bond donors (Lipinski definition) is 3. The van der Waals surface area contributed by atoms with Gasteiger partial charge in [-0.25, -0.2) is 14.8 Å². The number of carbonyl (C=O) groups excluding carboxylic acids is 4. The van der Waals surface area contributed by atoms with Crippen LogP contribution in [0.4, 0.5) is 18.0 Å². The first-order valence-corrected chi connectivity index (χ1v) is 27.2. The first-order chi connectivity index (χ1) is 36.6. The van der Waals surface area contributed by atoms with Gasteiger partial charge in [-0.05, 0) is 88.7 Å². The third kappa shape index (κ3) is 12.3. The summed E-state index contributed by atoms with van der Waals surface area (Å²) in [7, 11) is 1.33. The van der Waals surface area contributed by atoms with Gasteiger partial charge < -0.3 is 29.9 Å². The van der Waals surface area contributed by atoms with Crippen LogP contribution in [0.3, 0.4) is 0 Å². The number of ketones is 1. The van der Waals surface area contributed by atoms with Crippen molar-refractivity contribution < 1.29 is 51.5 Å². The number of thiazole rings is 2. The van der Waals surface area contributed by atoms with Crippen molar-refractivity contribution in [2.75, 3.05) is 46.4 Å². The van der Waals surface area contributed by atoms with E-state index in [0.29, 0.717) is 68.4 Å². The minimum Gasteiger partial charge on any atom is -0.492 e. The van der Waals surface area contributed by atoms with E-state index in [0.717, 1.165) is 59.7 Å². The zero-order valence-corrected chi connectivity index (χ0v) is 43.6. The van der Waals surface area contributed by atoms with Crippen LogP contribution in [0.5, 0.6) is 5.75 Å². The molecule has 400 valence electrons. The van der Waals surface area contributed by atoms with Gasteiger partial charge in [0.1, 0.15) is 40.1 Å². The van der Waals surface area contributed by atoms with Gasteiger partial charge in [-0.1, -0.05) is 79.0 Å². The van der Waals surface area contributed by atoms with Crippen LogP contribution in [0.15, 0.2) is 94.1 Å². The highest BCUT2D eigenvalue weighted by Gasteiger charge is 2.43. The zero-order valence-electron chi connectivity index (χ0n) is 42.0. The molecule has 5 heterocycles. The third-order valence-electron chi connectivity index (χ3n) is 14.8. The summed E-state index contributed by atoms with van der Waals surface area (Å²) in [4.78, 5) is 85.3. The van der Waals surface area contributed by atoms with Crippen molar-refractivity contribution in [3.05, 3.63) is 122 Å². The number of halogens is 3. The highest BCUT2D eigenvalue weighted by Crippen LogP contribution is 2.40. The summed E-state index contributed by atoms with van der Waals surface area (Å²) in [5.41, 5.74) is 2.35. The lowest BCUT2D eigenvalue weighted by molar-refractivity contribution is -0.159. The quantitative estimate of drug-likeness (QED) is 0.0686. The highest BCUT2D eigenvalue weighted by atomic mass is 32.1. The minimum absolute atomic E-state index is 0.0806. The van der Waals surface area contributed by atoms with Gasteiger partial charge in [0, 0.05) is 65.1 Å². The number of nitrogens with zero attached hydrogens (tertiary/aromatic N) is 7. The molecule has 3 fully saturated rings. The standard InChI is InChI=1S/C54H58F3N9O8S2/c1-33(64(2)52(71)72)46(68)61-43(35-14-7-4-8-15-35)49(70)66-23-11-20-42(66)48-59-41(31-75-48)44(67)36-16-10-19-39(29-36)73-27-26-65-24-21-53(22-25-65,51-60-40(30-76-51)34-12-5-3-6-13-34)32-58-47(69)38-18-9-17-37(28-38)45-62-50(74-63-45)54(55,56)57/h3,5-6,9-10,12-13,16-19,28-31,33,35,42-43H,4,7-8,11,14-15,20-27,32H2,1-2H3,(H,58,69)(H,61,68)(H,71,72)/t33-,42-,43-/m0/s1. The van der Waals surface area contributed by atoms with Crippen LogP contribution < -0.4 is 15.4 Å². The van der Waals surface area contributed by atoms with Gasteiger partial charge in [0.05, 0.1) is 11.7 Å². The lowest BCUT2D eigenvalue weighted by atomic mass is 9.78. The fraction of sp³-hybridized carbons (Fsp3) is 0.426. The van der Waals surface area contributed by atoms with E-state index in [2.05, 4.69) is 30.2 Å². The topological polar surface area (TPSA) is 213 Å². The Bertz CT molecular complexity index is 3030. The Hall–Kier alpha value is -7.04. The zero-order chi connectivity index (χ0) is 53.6. The van der Waals surface area contributed by atoms with Crippen LogP contribution >= 0.6 is 22.7 Å². The molecule has 0 radical (unpaired) electrons. The summed E-state index contributed by atoms with van der Waals surface area (Å²) >= 11 is 2.86. The number of alkyl halides is 3. The average molecular weight is 1080 g/mol. The number of amides is 4. The molecule has 9 rings (SSSR count). The molecule has 0 unspecified atom stereocenters. The molecule has 3 aromatic carbocycles. The van der Waals surface area contributed by atoms with Gasteiger partial charge in [-0.15, -0.1) is 22.7 Å². The molecule has 76 heavy (non-hydrogen) atoms. The second kappa shape index (κ2) is 23.5. The molecule has 17 nitrogen and oxygen atoms in total. The fourth-order valence-electron chi connectivity index (χ4n) is 10.2. The Morgan fingerprint density at radius 2 is 1.61 bits per heavy atom. The van der Waals surface area contributed by atoms with Gasteiger partial charge in [0.2, 0.25) is 23.4 Å². The van der Waals surface area contributed by atoms with Crippen molar-refractivity contribution in [3.63, 3.8) is 0 Å². The van der Waals surface area contributed by atoms with Crippen LogP contribution in [0.2, 0.25) is 0 Å². The molecule has 22 heteroatoms. The number of ether oxygens (including phenoxy) is 1. The summed E-state index contributed by atoms with van der Waals surface area (Å²) in [5, 5.41) is 24.2. The lowest BCUT2D eigenvalue weighted by Gasteiger charge is -2.40. The molecule has 4 amide bonds. The number of aromatic nitrogens is 4. The molecule has 3 aliphatic rings. The lowest BCUT2D eigenvalue weighted by Crippen LogP contribution is -2.56. The van der Waals surface area contributed by atoms with Crippen molar-refractivity contribution in [2.45, 2.75) is 94.4 Å². The van der Waals surface area contributed by atoms with E-state index in [1.54, 1.807) is 46.7 Å². The summed E-state index contributed by atoms with van der Waals surface area (Å²) in [6.45, 7) is 4.49. The molecule has 2 aliphatic heterocycles. The largest absolute Gasteiger partial charge is 0.492 e. The SMILES string of the molecule is C[C@@H](C(=O)N[C@H](C(=O)N1CCC[C@H]1c1nc(C(=O)c2cccc(OCCN3CCC(CNC(=O)c4cccc(-c5noc(C(F)(F)F)n5)c4)(c4nc(-c5ccccc5)cs4)CC3)c2)cs1)C1CCCCC1)N(C)C(=O)O. The molecule has 3 atom stereocenters. The van der Waals surface area contributed by atoms with Crippen LogP contribution in [0.25, 0.3) is 22.6 Å². The molecule has 1 aliphatic carbocycles. The maximum absolute atomic E-state index is 14.4. The van der Waals surface area contributed by atoms with Crippen LogP contribution in [-0.2, 0) is 21.2 Å². The van der Waals surface area contributed by atoms with Crippen molar-refractivity contribution in [2.24, 2.45) is 5.92 Å². The molecular weight excluding hydrogens is 1020 g/mol. The summed E-state index contributed by atoms with van der Waals surface area (Å²) in [6.07, 6.45) is 1.14. The maximum Gasteiger partial charge on any atom is 0.471 e. The summed E-state index contributed by atoms with van der Waals surface area (Å²) in [6, 6.07) is 20.7. The Balaban J connectivity index is 0.816. The summed E-state index contributed by atoms with van der Waals surface area (Å²) < 4.78 is 50.1. The van der Waals surface area contributed by atoms with E-state index in [1.165, 1.54) is 48.8 Å². The van der Waals surface area contributed by atoms with Crippen LogP contribution in [0.1, 0.15) is 113 Å². The molecule has 0 spiro atoms. The van der Waals surface area contributed by atoms with Gasteiger partial charge in [-0.3, -0.25) is 29.0 Å². The second-order valence-corrected chi connectivity index (χ2v) is 21.4. The minimum atomic E-state index is -4.81. The molecule has 3 N–H and O–H groups in total. The normalized spacial score (nSPS) is 17.9. The van der Waals surface area contributed by atoms with Crippen LogP contribution in [0, 0.1) is 5.92 Å². The first-order valence-electron chi connectivity index (χ1n) is 25.4. The Morgan fingerprint density at radius 3 is 2.34 bits per heavy atom. The monoisotopic (exact) mass is 1080 g/mol. The number of nitrogens with one attached hydrogen (secondary N) is 2. The Kier molecular flexibility index (Phi) is 16.6. The molecular formula is C54H58F3N9O8S2. The maximum atomic E-state index is 14.4. The number of hydrogen-bond acceptors (Lipinski definition) is 14. The second-order valence-electron chi connectivity index (χ2n) is 19.6. The van der Waals surface area contributed by atoms with Gasteiger partial charge >= 0.3 is 18.2 Å². The summed E-state index contributed by atoms with van der Waals surface area (Å²) in [5.74, 6) is -2.77. The molecule has 1 saturated carbocycles. The third-order valence-corrected chi connectivity index (χ3v) is 16.8. The van der Waals surface area contributed by atoms with Crippen LogP contribution in [-0.4, -0.2) is 128 Å². The van der Waals surface area contributed by atoms with E-state index in [1.807, 2.05) is 35.7 Å². The highest BCUT2D eigenvalue weighted by molar-refractivity contribution is 7.10. The van der Waals surface area contributed by atoms with Gasteiger partial charge in [-0.2, -0.15) is 18.2 Å². The van der Waals surface area contributed by atoms with E-state index in [4.69, 9.17) is 14.7 Å². The van der Waals surface area contributed by atoms with E-state index in [9.17, 15) is 42.3 Å². The number of likely N-dealkylation sites (N-methyl/N-ethyl adjacent to an activating group) is 1. The predicted octanol–water partition coefficient (Wildman–Crippen LogP) is 9.14. The fourth-order valence-corrected chi connectivity index (χ4v) is 12.2. The average Bonchev–Trinajstić information content (AvgIpc) is 4.30. The van der Waals surface area contributed by atoms with Crippen molar-refractivity contribution in [1.29, 1.82) is 0 Å². The molecule has 6 aromatic rings. The number of rotatable bonds is 18. The number of likely N-dealkylation sites (tertiary alicyclic amines) is 2.